The minimum Gasteiger partial charge on any atom is -0.507 e. The Morgan fingerprint density at radius 1 is 1.04 bits per heavy atom. The quantitative estimate of drug-likeness (QED) is 0.788. The van der Waals surface area contributed by atoms with Crippen molar-refractivity contribution in [3.05, 3.63) is 53.6 Å². The van der Waals surface area contributed by atoms with Crippen molar-refractivity contribution in [2.24, 2.45) is 0 Å². The number of hydrogen-bond acceptors (Lipinski definition) is 3. The van der Waals surface area contributed by atoms with Gasteiger partial charge in [-0.3, -0.25) is 9.59 Å². The number of aryl methyl sites for hydroxylation is 1. The number of aromatic hydroxyl groups is 1. The SMILES string of the molecule is CCCC(=O)Nc1cccc(NC(=O)c2ccc(C)cc2O)c1. The largest absolute Gasteiger partial charge is 0.507 e. The molecule has 0 saturated carbocycles. The number of anilines is 2. The Labute approximate surface area is 135 Å². The number of carbonyl (C=O) groups is 2. The van der Waals surface area contributed by atoms with Gasteiger partial charge in [0.25, 0.3) is 5.91 Å². The van der Waals surface area contributed by atoms with E-state index in [1.807, 2.05) is 13.8 Å². The highest BCUT2D eigenvalue weighted by molar-refractivity contribution is 6.06. The average Bonchev–Trinajstić information content (AvgIpc) is 2.47. The molecule has 0 saturated heterocycles. The molecule has 0 radical (unpaired) electrons. The molecular formula is C18H20N2O3. The first kappa shape index (κ1) is 16.5. The Bertz CT molecular complexity index is 726. The summed E-state index contributed by atoms with van der Waals surface area (Å²) in [5.41, 5.74) is 2.24. The highest BCUT2D eigenvalue weighted by atomic mass is 16.3. The van der Waals surface area contributed by atoms with Crippen LogP contribution in [0.5, 0.6) is 5.75 Å². The van der Waals surface area contributed by atoms with Gasteiger partial charge >= 0.3 is 0 Å². The van der Waals surface area contributed by atoms with Gasteiger partial charge in [0.15, 0.2) is 0 Å². The number of amides is 2. The Morgan fingerprint density at radius 3 is 2.39 bits per heavy atom. The number of phenolic OH excluding ortho intramolecular Hbond substituents is 1. The highest BCUT2D eigenvalue weighted by Gasteiger charge is 2.11. The maximum Gasteiger partial charge on any atom is 0.259 e. The van der Waals surface area contributed by atoms with Crippen molar-refractivity contribution in [3.8, 4) is 5.75 Å². The van der Waals surface area contributed by atoms with Gasteiger partial charge in [-0.2, -0.15) is 0 Å². The van der Waals surface area contributed by atoms with E-state index in [9.17, 15) is 14.7 Å². The van der Waals surface area contributed by atoms with E-state index in [4.69, 9.17) is 0 Å². The van der Waals surface area contributed by atoms with Crippen molar-refractivity contribution in [3.63, 3.8) is 0 Å². The van der Waals surface area contributed by atoms with Gasteiger partial charge in [-0.25, -0.2) is 0 Å². The fraction of sp³-hybridized carbons (Fsp3) is 0.222. The van der Waals surface area contributed by atoms with Crippen LogP contribution < -0.4 is 10.6 Å². The molecule has 0 aliphatic carbocycles. The van der Waals surface area contributed by atoms with E-state index < -0.39 is 5.91 Å². The second-order valence-electron chi connectivity index (χ2n) is 5.35. The number of phenols is 1. The summed E-state index contributed by atoms with van der Waals surface area (Å²) in [5, 5.41) is 15.3. The summed E-state index contributed by atoms with van der Waals surface area (Å²) >= 11 is 0. The van der Waals surface area contributed by atoms with Gasteiger partial charge in [0, 0.05) is 17.8 Å². The average molecular weight is 312 g/mol. The van der Waals surface area contributed by atoms with Crippen LogP contribution >= 0.6 is 0 Å². The molecule has 23 heavy (non-hydrogen) atoms. The molecule has 2 amide bonds. The molecule has 2 aromatic rings. The standard InChI is InChI=1S/C18H20N2O3/c1-3-5-17(22)19-13-6-4-7-14(11-13)20-18(23)15-9-8-12(2)10-16(15)21/h4,6-11,21H,3,5H2,1-2H3,(H,19,22)(H,20,23). The first-order valence-corrected chi connectivity index (χ1v) is 7.50. The molecule has 0 atom stereocenters. The molecule has 0 fully saturated rings. The summed E-state index contributed by atoms with van der Waals surface area (Å²) in [4.78, 5) is 23.8. The predicted molar refractivity (Wildman–Crippen MR) is 90.8 cm³/mol. The minimum absolute atomic E-state index is 0.0603. The first-order chi connectivity index (χ1) is 11.0. The molecule has 0 aliphatic rings. The maximum atomic E-state index is 12.2. The van der Waals surface area contributed by atoms with Gasteiger partial charge in [-0.15, -0.1) is 0 Å². The predicted octanol–water partition coefficient (Wildman–Crippen LogP) is 3.69. The molecule has 120 valence electrons. The number of hydrogen-bond donors (Lipinski definition) is 3. The van der Waals surface area contributed by atoms with Crippen molar-refractivity contribution in [1.82, 2.24) is 0 Å². The summed E-state index contributed by atoms with van der Waals surface area (Å²) in [7, 11) is 0. The zero-order valence-corrected chi connectivity index (χ0v) is 13.2. The maximum absolute atomic E-state index is 12.2. The van der Waals surface area contributed by atoms with E-state index in [-0.39, 0.29) is 17.2 Å². The van der Waals surface area contributed by atoms with E-state index in [1.54, 1.807) is 36.4 Å². The van der Waals surface area contributed by atoms with Gasteiger partial charge < -0.3 is 15.7 Å². The Balaban J connectivity index is 2.10. The van der Waals surface area contributed by atoms with Crippen molar-refractivity contribution < 1.29 is 14.7 Å². The topological polar surface area (TPSA) is 78.4 Å². The molecule has 5 nitrogen and oxygen atoms in total. The van der Waals surface area contributed by atoms with Crippen LogP contribution in [0.15, 0.2) is 42.5 Å². The van der Waals surface area contributed by atoms with E-state index in [0.717, 1.165) is 12.0 Å². The fourth-order valence-electron chi connectivity index (χ4n) is 2.16. The van der Waals surface area contributed by atoms with Gasteiger partial charge in [0.05, 0.1) is 5.56 Å². The van der Waals surface area contributed by atoms with Gasteiger partial charge in [0.1, 0.15) is 5.75 Å². The van der Waals surface area contributed by atoms with Gasteiger partial charge in [-0.05, 0) is 49.2 Å². The molecule has 0 spiro atoms. The normalized spacial score (nSPS) is 10.2. The number of benzene rings is 2. The zero-order chi connectivity index (χ0) is 16.8. The number of rotatable bonds is 5. The molecular weight excluding hydrogens is 292 g/mol. The molecule has 5 heteroatoms. The van der Waals surface area contributed by atoms with Crippen LogP contribution in [-0.4, -0.2) is 16.9 Å². The summed E-state index contributed by atoms with van der Waals surface area (Å²) < 4.78 is 0. The Morgan fingerprint density at radius 2 is 1.74 bits per heavy atom. The van der Waals surface area contributed by atoms with Crippen LogP contribution in [-0.2, 0) is 4.79 Å². The minimum atomic E-state index is -0.403. The van der Waals surface area contributed by atoms with Crippen LogP contribution in [0.25, 0.3) is 0 Å². The van der Waals surface area contributed by atoms with Crippen molar-refractivity contribution in [1.29, 1.82) is 0 Å². The van der Waals surface area contributed by atoms with Crippen molar-refractivity contribution in [2.45, 2.75) is 26.7 Å². The van der Waals surface area contributed by atoms with Crippen LogP contribution in [0.4, 0.5) is 11.4 Å². The lowest BCUT2D eigenvalue weighted by molar-refractivity contribution is -0.116. The molecule has 0 unspecified atom stereocenters. The monoisotopic (exact) mass is 312 g/mol. The number of carbonyl (C=O) groups excluding carboxylic acids is 2. The summed E-state index contributed by atoms with van der Waals surface area (Å²) in [5.74, 6) is -0.526. The van der Waals surface area contributed by atoms with Crippen LogP contribution in [0.3, 0.4) is 0 Å². The molecule has 2 aromatic carbocycles. The molecule has 2 rings (SSSR count). The smallest absolute Gasteiger partial charge is 0.259 e. The first-order valence-electron chi connectivity index (χ1n) is 7.50. The molecule has 0 bridgehead atoms. The van der Waals surface area contributed by atoms with Crippen LogP contribution in [0.2, 0.25) is 0 Å². The van der Waals surface area contributed by atoms with E-state index >= 15 is 0 Å². The van der Waals surface area contributed by atoms with Gasteiger partial charge in [-0.1, -0.05) is 19.1 Å². The van der Waals surface area contributed by atoms with Gasteiger partial charge in [0.2, 0.25) is 5.91 Å². The summed E-state index contributed by atoms with van der Waals surface area (Å²) in [6, 6.07) is 11.8. The molecule has 0 heterocycles. The molecule has 3 N–H and O–H groups in total. The lowest BCUT2D eigenvalue weighted by Gasteiger charge is -2.10. The Hall–Kier alpha value is -2.82. The van der Waals surface area contributed by atoms with E-state index in [0.29, 0.717) is 17.8 Å². The lowest BCUT2D eigenvalue weighted by Crippen LogP contribution is -2.13. The molecule has 0 aliphatic heterocycles. The highest BCUT2D eigenvalue weighted by Crippen LogP contribution is 2.21. The zero-order valence-electron chi connectivity index (χ0n) is 13.2. The third-order valence-corrected chi connectivity index (χ3v) is 3.28. The Kier molecular flexibility index (Phi) is 5.36. The third-order valence-electron chi connectivity index (χ3n) is 3.28. The third kappa shape index (κ3) is 4.57. The molecule has 0 aromatic heterocycles. The summed E-state index contributed by atoms with van der Waals surface area (Å²) in [6.07, 6.45) is 1.22. The summed E-state index contributed by atoms with van der Waals surface area (Å²) in [6.45, 7) is 3.77. The van der Waals surface area contributed by atoms with E-state index in [2.05, 4.69) is 10.6 Å². The van der Waals surface area contributed by atoms with Crippen molar-refractivity contribution >= 4 is 23.2 Å². The lowest BCUT2D eigenvalue weighted by atomic mass is 10.1. The fourth-order valence-corrected chi connectivity index (χ4v) is 2.16. The number of nitrogens with one attached hydrogen (secondary N) is 2. The van der Waals surface area contributed by atoms with Crippen LogP contribution in [0.1, 0.15) is 35.7 Å². The van der Waals surface area contributed by atoms with Crippen molar-refractivity contribution in [2.75, 3.05) is 10.6 Å². The second-order valence-corrected chi connectivity index (χ2v) is 5.35. The second kappa shape index (κ2) is 7.45. The van der Waals surface area contributed by atoms with E-state index in [1.165, 1.54) is 6.07 Å². The van der Waals surface area contributed by atoms with Crippen LogP contribution in [0, 0.1) is 6.92 Å².